The van der Waals surface area contributed by atoms with Gasteiger partial charge in [0.25, 0.3) is 0 Å². The smallest absolute Gasteiger partial charge is 0.249 e. The van der Waals surface area contributed by atoms with Crippen molar-refractivity contribution in [1.29, 1.82) is 5.26 Å². The first-order valence-electron chi connectivity index (χ1n) is 9.38. The first kappa shape index (κ1) is 17.3. The molecule has 0 unspecified atom stereocenters. The third-order valence-corrected chi connectivity index (χ3v) is 5.11. The van der Waals surface area contributed by atoms with Gasteiger partial charge >= 0.3 is 0 Å². The van der Waals surface area contributed by atoms with E-state index in [1.54, 1.807) is 12.1 Å². The number of allylic oxidation sites excluding steroid dienone is 1. The summed E-state index contributed by atoms with van der Waals surface area (Å²) in [4.78, 5) is 19.2. The number of hydrogen-bond acceptors (Lipinski definition) is 4. The van der Waals surface area contributed by atoms with Crippen molar-refractivity contribution in [3.8, 4) is 11.9 Å². The molecule has 2 aromatic rings. The van der Waals surface area contributed by atoms with E-state index in [9.17, 15) is 4.79 Å². The molecule has 1 aliphatic heterocycles. The van der Waals surface area contributed by atoms with E-state index in [2.05, 4.69) is 27.8 Å². The zero-order chi connectivity index (χ0) is 18.6. The fraction of sp³-hybridized carbons (Fsp3) is 0.381. The average Bonchev–Trinajstić information content (AvgIpc) is 3.07. The van der Waals surface area contributed by atoms with Crippen LogP contribution in [-0.2, 0) is 17.9 Å². The molecule has 1 amide bonds. The van der Waals surface area contributed by atoms with Crippen molar-refractivity contribution in [2.75, 3.05) is 6.54 Å². The first-order chi connectivity index (χ1) is 13.2. The highest BCUT2D eigenvalue weighted by molar-refractivity contribution is 5.93. The van der Waals surface area contributed by atoms with Gasteiger partial charge < -0.3 is 14.2 Å². The topological polar surface area (TPSA) is 71.2 Å². The molecular weight excluding hydrogens is 340 g/mol. The van der Waals surface area contributed by atoms with Crippen LogP contribution in [0.15, 0.2) is 48.3 Å². The summed E-state index contributed by atoms with van der Waals surface area (Å²) >= 11 is 0. The maximum atomic E-state index is 13.1. The van der Waals surface area contributed by atoms with Crippen LogP contribution in [0.25, 0.3) is 0 Å². The molecule has 6 nitrogen and oxygen atoms in total. The van der Waals surface area contributed by atoms with E-state index in [0.717, 1.165) is 37.0 Å². The van der Waals surface area contributed by atoms with E-state index < -0.39 is 0 Å². The predicted molar refractivity (Wildman–Crippen MR) is 99.8 cm³/mol. The molecule has 0 radical (unpaired) electrons. The molecule has 1 atom stereocenters. The summed E-state index contributed by atoms with van der Waals surface area (Å²) in [6.45, 7) is 1.76. The van der Waals surface area contributed by atoms with Crippen LogP contribution in [0, 0.1) is 11.3 Å². The Morgan fingerprint density at radius 3 is 2.93 bits per heavy atom. The fourth-order valence-electron chi connectivity index (χ4n) is 3.71. The Morgan fingerprint density at radius 2 is 2.19 bits per heavy atom. The SMILES string of the molecule is N#Cc1ccc(O[C@H]2CN(C(=O)C3=CCCCC3)Cc3cccn3C2)nc1. The van der Waals surface area contributed by atoms with Gasteiger partial charge in [-0.05, 0) is 43.9 Å². The number of carbonyl (C=O) groups is 1. The molecule has 0 bridgehead atoms. The van der Waals surface area contributed by atoms with Gasteiger partial charge in [-0.25, -0.2) is 4.98 Å². The Labute approximate surface area is 158 Å². The summed E-state index contributed by atoms with van der Waals surface area (Å²) < 4.78 is 8.21. The lowest BCUT2D eigenvalue weighted by atomic mass is 9.98. The second kappa shape index (κ2) is 7.67. The Morgan fingerprint density at radius 1 is 1.26 bits per heavy atom. The highest BCUT2D eigenvalue weighted by atomic mass is 16.5. The number of pyridine rings is 1. The maximum absolute atomic E-state index is 13.1. The molecule has 4 rings (SSSR count). The van der Waals surface area contributed by atoms with Gasteiger partial charge in [0.15, 0.2) is 0 Å². The van der Waals surface area contributed by atoms with Gasteiger partial charge in [-0.1, -0.05) is 6.08 Å². The molecule has 27 heavy (non-hydrogen) atoms. The van der Waals surface area contributed by atoms with Crippen molar-refractivity contribution in [2.45, 2.75) is 44.9 Å². The van der Waals surface area contributed by atoms with Crippen molar-refractivity contribution < 1.29 is 9.53 Å². The summed E-state index contributed by atoms with van der Waals surface area (Å²) in [5, 5.41) is 8.91. The van der Waals surface area contributed by atoms with Crippen molar-refractivity contribution >= 4 is 5.91 Å². The van der Waals surface area contributed by atoms with Crippen LogP contribution in [0.2, 0.25) is 0 Å². The van der Waals surface area contributed by atoms with Gasteiger partial charge in [-0.15, -0.1) is 0 Å². The maximum Gasteiger partial charge on any atom is 0.249 e. The van der Waals surface area contributed by atoms with Gasteiger partial charge in [0.2, 0.25) is 11.8 Å². The summed E-state index contributed by atoms with van der Waals surface area (Å²) in [6, 6.07) is 9.50. The van der Waals surface area contributed by atoms with Crippen LogP contribution in [0.5, 0.6) is 5.88 Å². The number of carbonyl (C=O) groups excluding carboxylic acids is 1. The largest absolute Gasteiger partial charge is 0.471 e. The van der Waals surface area contributed by atoms with Gasteiger partial charge in [0.1, 0.15) is 12.2 Å². The molecule has 0 spiro atoms. The number of ether oxygens (including phenoxy) is 1. The van der Waals surface area contributed by atoms with Crippen molar-refractivity contribution in [3.63, 3.8) is 0 Å². The number of nitriles is 1. The van der Waals surface area contributed by atoms with Crippen LogP contribution in [-0.4, -0.2) is 33.0 Å². The third-order valence-electron chi connectivity index (χ3n) is 5.11. The highest BCUT2D eigenvalue weighted by Gasteiger charge is 2.28. The van der Waals surface area contributed by atoms with Crippen molar-refractivity contribution in [2.24, 2.45) is 0 Å². The molecule has 1 aliphatic carbocycles. The Bertz CT molecular complexity index is 892. The Hall–Kier alpha value is -3.07. The quantitative estimate of drug-likeness (QED) is 0.841. The molecule has 0 N–H and O–H groups in total. The highest BCUT2D eigenvalue weighted by Crippen LogP contribution is 2.23. The van der Waals surface area contributed by atoms with Crippen LogP contribution in [0.4, 0.5) is 0 Å². The van der Waals surface area contributed by atoms with Crippen molar-refractivity contribution in [3.05, 3.63) is 59.6 Å². The van der Waals surface area contributed by atoms with Gasteiger partial charge in [0, 0.05) is 29.7 Å². The normalized spacial score (nSPS) is 19.4. The summed E-state index contributed by atoms with van der Waals surface area (Å²) in [5.74, 6) is 0.588. The standard InChI is InChI=1S/C21H22N4O2/c22-11-16-8-9-20(23-12-16)27-19-14-24-10-4-7-18(24)13-25(15-19)21(26)17-5-2-1-3-6-17/h4-5,7-10,12,19H,1-3,6,13-15H2/t19-/m1/s1. The predicted octanol–water partition coefficient (Wildman–Crippen LogP) is 3.04. The van der Waals surface area contributed by atoms with Gasteiger partial charge in [-0.2, -0.15) is 5.26 Å². The minimum absolute atomic E-state index is 0.116. The third kappa shape index (κ3) is 3.87. The molecule has 3 heterocycles. The summed E-state index contributed by atoms with van der Waals surface area (Å²) in [7, 11) is 0. The minimum Gasteiger partial charge on any atom is -0.471 e. The second-order valence-corrected chi connectivity index (χ2v) is 7.05. The van der Waals surface area contributed by atoms with Gasteiger partial charge in [-0.3, -0.25) is 4.79 Å². The van der Waals surface area contributed by atoms with E-state index in [0.29, 0.717) is 31.1 Å². The molecule has 6 heteroatoms. The molecule has 2 aliphatic rings. The van der Waals surface area contributed by atoms with Gasteiger partial charge in [0.05, 0.1) is 25.2 Å². The Kier molecular flexibility index (Phi) is 4.93. The lowest BCUT2D eigenvalue weighted by molar-refractivity contribution is -0.129. The van der Waals surface area contributed by atoms with E-state index >= 15 is 0 Å². The Balaban J connectivity index is 1.55. The average molecular weight is 362 g/mol. The second-order valence-electron chi connectivity index (χ2n) is 7.05. The van der Waals surface area contributed by atoms with Crippen molar-refractivity contribution in [1.82, 2.24) is 14.5 Å². The zero-order valence-electron chi connectivity index (χ0n) is 15.2. The number of hydrogen-bond donors (Lipinski definition) is 0. The molecule has 0 fully saturated rings. The van der Waals surface area contributed by atoms with Crippen LogP contribution in [0.3, 0.4) is 0 Å². The lowest BCUT2D eigenvalue weighted by Crippen LogP contribution is -2.39. The molecule has 0 saturated carbocycles. The fourth-order valence-corrected chi connectivity index (χ4v) is 3.71. The molecule has 2 aromatic heterocycles. The molecular formula is C21H22N4O2. The summed E-state index contributed by atoms with van der Waals surface area (Å²) in [6.07, 6.45) is 9.50. The number of aromatic nitrogens is 2. The van der Waals surface area contributed by atoms with Crippen LogP contribution < -0.4 is 4.74 Å². The molecule has 0 saturated heterocycles. The zero-order valence-corrected chi connectivity index (χ0v) is 15.2. The molecule has 138 valence electrons. The molecule has 0 aromatic carbocycles. The van der Waals surface area contributed by atoms with Crippen LogP contribution >= 0.6 is 0 Å². The number of nitrogens with zero attached hydrogens (tertiary/aromatic N) is 4. The number of amides is 1. The van der Waals surface area contributed by atoms with Crippen LogP contribution in [0.1, 0.15) is 36.9 Å². The lowest BCUT2D eigenvalue weighted by Gasteiger charge is -2.26. The van der Waals surface area contributed by atoms with E-state index in [-0.39, 0.29) is 12.0 Å². The first-order valence-corrected chi connectivity index (χ1v) is 9.38. The van der Waals surface area contributed by atoms with E-state index in [4.69, 9.17) is 10.00 Å². The van der Waals surface area contributed by atoms with E-state index in [1.807, 2.05) is 17.2 Å². The van der Waals surface area contributed by atoms with E-state index in [1.165, 1.54) is 6.20 Å². The number of fused-ring (bicyclic) bond motifs is 1. The summed E-state index contributed by atoms with van der Waals surface area (Å²) in [5.41, 5.74) is 2.53. The number of rotatable bonds is 3. The monoisotopic (exact) mass is 362 g/mol. The minimum atomic E-state index is -0.202.